The summed E-state index contributed by atoms with van der Waals surface area (Å²) in [6.45, 7) is 2.14. The van der Waals surface area contributed by atoms with Gasteiger partial charge in [0.1, 0.15) is 0 Å². The third kappa shape index (κ3) is 2.57. The van der Waals surface area contributed by atoms with Crippen LogP contribution in [0.2, 0.25) is 0 Å². The predicted molar refractivity (Wildman–Crippen MR) is 99.7 cm³/mol. The van der Waals surface area contributed by atoms with Crippen molar-refractivity contribution in [1.82, 2.24) is 9.55 Å². The minimum Gasteiger partial charge on any atom is -0.319 e. The lowest BCUT2D eigenvalue weighted by molar-refractivity contribution is 0.0998. The molecule has 2 aromatic carbocycles. The molecular weight excluding hydrogens is 338 g/mol. The van der Waals surface area contributed by atoms with E-state index in [1.54, 1.807) is 22.9 Å². The summed E-state index contributed by atoms with van der Waals surface area (Å²) in [5.41, 5.74) is 5.68. The number of hydrogen-bond donors (Lipinski definition) is 0. The molecule has 0 saturated heterocycles. The normalized spacial score (nSPS) is 12.3. The van der Waals surface area contributed by atoms with E-state index < -0.39 is 0 Å². The number of amides is 1. The van der Waals surface area contributed by atoms with Crippen LogP contribution in [-0.4, -0.2) is 15.5 Å². The molecule has 0 atom stereocenters. The Balaban J connectivity index is 1.80. The lowest BCUT2D eigenvalue weighted by atomic mass is 10.2. The third-order valence-electron chi connectivity index (χ3n) is 4.06. The third-order valence-corrected chi connectivity index (χ3v) is 5.94. The molecule has 1 amide bonds. The molecule has 0 spiro atoms. The number of fused-ring (bicyclic) bond motifs is 2. The SMILES string of the molecule is CCc1ccc2c(c1)sc(=NC(=O)c1ccc3ncsc3c1)n2C. The number of rotatable bonds is 2. The van der Waals surface area contributed by atoms with Gasteiger partial charge in [0.15, 0.2) is 4.80 Å². The van der Waals surface area contributed by atoms with Gasteiger partial charge in [-0.1, -0.05) is 24.3 Å². The Labute approximate surface area is 146 Å². The first-order valence-corrected chi connectivity index (χ1v) is 9.36. The molecule has 0 saturated carbocycles. The van der Waals surface area contributed by atoms with Crippen molar-refractivity contribution >= 4 is 49.0 Å². The maximum absolute atomic E-state index is 12.5. The zero-order valence-electron chi connectivity index (χ0n) is 13.3. The Bertz CT molecular complexity index is 1130. The number of carbonyl (C=O) groups excluding carboxylic acids is 1. The topological polar surface area (TPSA) is 47.2 Å². The summed E-state index contributed by atoms with van der Waals surface area (Å²) in [4.78, 5) is 21.8. The van der Waals surface area contributed by atoms with Crippen LogP contribution in [0.3, 0.4) is 0 Å². The zero-order chi connectivity index (χ0) is 16.7. The molecule has 4 aromatic rings. The molecule has 0 aliphatic carbocycles. The molecule has 0 radical (unpaired) electrons. The van der Waals surface area contributed by atoms with E-state index >= 15 is 0 Å². The Hall–Kier alpha value is -2.31. The van der Waals surface area contributed by atoms with Crippen molar-refractivity contribution < 1.29 is 4.79 Å². The molecule has 2 aromatic heterocycles. The van der Waals surface area contributed by atoms with Gasteiger partial charge in [-0.15, -0.1) is 11.3 Å². The van der Waals surface area contributed by atoms with E-state index in [-0.39, 0.29) is 5.91 Å². The molecule has 0 unspecified atom stereocenters. The molecule has 0 aliphatic rings. The van der Waals surface area contributed by atoms with E-state index in [1.165, 1.54) is 16.9 Å². The minimum absolute atomic E-state index is 0.219. The highest BCUT2D eigenvalue weighted by Gasteiger charge is 2.09. The Morgan fingerprint density at radius 1 is 1.21 bits per heavy atom. The number of benzene rings is 2. The fourth-order valence-electron chi connectivity index (χ4n) is 2.64. The molecule has 4 nitrogen and oxygen atoms in total. The highest BCUT2D eigenvalue weighted by molar-refractivity contribution is 7.17. The van der Waals surface area contributed by atoms with Gasteiger partial charge in [0.25, 0.3) is 5.91 Å². The molecule has 24 heavy (non-hydrogen) atoms. The van der Waals surface area contributed by atoms with Crippen LogP contribution in [0.5, 0.6) is 0 Å². The van der Waals surface area contributed by atoms with Crippen LogP contribution in [0.15, 0.2) is 46.9 Å². The van der Waals surface area contributed by atoms with Crippen LogP contribution >= 0.6 is 22.7 Å². The van der Waals surface area contributed by atoms with Gasteiger partial charge in [-0.25, -0.2) is 4.98 Å². The van der Waals surface area contributed by atoms with E-state index in [0.29, 0.717) is 10.4 Å². The van der Waals surface area contributed by atoms with E-state index in [4.69, 9.17) is 0 Å². The van der Waals surface area contributed by atoms with Gasteiger partial charge in [0.2, 0.25) is 0 Å². The van der Waals surface area contributed by atoms with E-state index in [9.17, 15) is 4.79 Å². The molecule has 0 aliphatic heterocycles. The first-order chi connectivity index (χ1) is 11.7. The number of thiazole rings is 2. The second-order valence-electron chi connectivity index (χ2n) is 5.55. The Morgan fingerprint density at radius 3 is 2.92 bits per heavy atom. The van der Waals surface area contributed by atoms with Crippen LogP contribution in [0.25, 0.3) is 20.4 Å². The lowest BCUT2D eigenvalue weighted by Gasteiger charge is -1.98. The summed E-state index contributed by atoms with van der Waals surface area (Å²) in [7, 11) is 1.95. The number of hydrogen-bond acceptors (Lipinski definition) is 4. The summed E-state index contributed by atoms with van der Waals surface area (Å²) in [6, 6.07) is 11.9. The summed E-state index contributed by atoms with van der Waals surface area (Å²) in [5, 5.41) is 0. The molecule has 0 N–H and O–H groups in total. The highest BCUT2D eigenvalue weighted by Crippen LogP contribution is 2.21. The van der Waals surface area contributed by atoms with Crippen LogP contribution in [0, 0.1) is 0 Å². The number of nitrogens with zero attached hydrogens (tertiary/aromatic N) is 3. The van der Waals surface area contributed by atoms with Crippen molar-refractivity contribution in [2.45, 2.75) is 13.3 Å². The molecule has 0 fully saturated rings. The van der Waals surface area contributed by atoms with Gasteiger partial charge >= 0.3 is 0 Å². The van der Waals surface area contributed by atoms with Crippen molar-refractivity contribution in [3.05, 3.63) is 57.8 Å². The number of carbonyl (C=O) groups is 1. The van der Waals surface area contributed by atoms with Crippen molar-refractivity contribution in [3.8, 4) is 0 Å². The van der Waals surface area contributed by atoms with Gasteiger partial charge in [-0.2, -0.15) is 4.99 Å². The maximum Gasteiger partial charge on any atom is 0.279 e. The molecular formula is C18H15N3OS2. The lowest BCUT2D eigenvalue weighted by Crippen LogP contribution is -2.13. The Kier molecular flexibility index (Phi) is 3.78. The average molecular weight is 353 g/mol. The molecule has 2 heterocycles. The number of aromatic nitrogens is 2. The average Bonchev–Trinajstić information content (AvgIpc) is 3.18. The predicted octanol–water partition coefficient (Wildman–Crippen LogP) is 4.15. The molecule has 0 bridgehead atoms. The second kappa shape index (κ2) is 5.96. The largest absolute Gasteiger partial charge is 0.319 e. The van der Waals surface area contributed by atoms with E-state index in [0.717, 1.165) is 26.9 Å². The summed E-state index contributed by atoms with van der Waals surface area (Å²) >= 11 is 3.08. The van der Waals surface area contributed by atoms with Crippen molar-refractivity contribution in [3.63, 3.8) is 0 Å². The number of aryl methyl sites for hydroxylation is 2. The standard InChI is InChI=1S/C18H15N3OS2/c1-3-11-4-7-14-16(8-11)24-18(21(14)2)20-17(22)12-5-6-13-15(9-12)23-10-19-13/h4-10H,3H2,1-2H3. The van der Waals surface area contributed by atoms with Gasteiger partial charge in [-0.3, -0.25) is 4.79 Å². The zero-order valence-corrected chi connectivity index (χ0v) is 14.9. The quantitative estimate of drug-likeness (QED) is 0.543. The van der Waals surface area contributed by atoms with E-state index in [1.807, 2.05) is 23.7 Å². The van der Waals surface area contributed by atoms with Crippen molar-refractivity contribution in [2.24, 2.45) is 12.0 Å². The first-order valence-electron chi connectivity index (χ1n) is 7.66. The maximum atomic E-state index is 12.5. The summed E-state index contributed by atoms with van der Waals surface area (Å²) in [5.74, 6) is -0.219. The molecule has 4 rings (SSSR count). The minimum atomic E-state index is -0.219. The fraction of sp³-hybridized carbons (Fsp3) is 0.167. The van der Waals surface area contributed by atoms with E-state index in [2.05, 4.69) is 35.1 Å². The fourth-order valence-corrected chi connectivity index (χ4v) is 4.44. The highest BCUT2D eigenvalue weighted by atomic mass is 32.1. The first kappa shape index (κ1) is 15.2. The van der Waals surface area contributed by atoms with Crippen LogP contribution in [-0.2, 0) is 13.5 Å². The molecule has 120 valence electrons. The monoisotopic (exact) mass is 353 g/mol. The van der Waals surface area contributed by atoms with Gasteiger partial charge in [-0.05, 0) is 42.3 Å². The van der Waals surface area contributed by atoms with Gasteiger partial charge in [0.05, 0.1) is 25.9 Å². The smallest absolute Gasteiger partial charge is 0.279 e. The second-order valence-corrected chi connectivity index (χ2v) is 7.45. The van der Waals surface area contributed by atoms with Gasteiger partial charge < -0.3 is 4.57 Å². The van der Waals surface area contributed by atoms with Crippen LogP contribution in [0.4, 0.5) is 0 Å². The summed E-state index contributed by atoms with van der Waals surface area (Å²) in [6.07, 6.45) is 0.998. The Morgan fingerprint density at radius 2 is 2.08 bits per heavy atom. The summed E-state index contributed by atoms with van der Waals surface area (Å²) < 4.78 is 4.13. The van der Waals surface area contributed by atoms with Gasteiger partial charge in [0, 0.05) is 12.6 Å². The van der Waals surface area contributed by atoms with Crippen molar-refractivity contribution in [2.75, 3.05) is 0 Å². The van der Waals surface area contributed by atoms with Crippen molar-refractivity contribution in [1.29, 1.82) is 0 Å². The van der Waals surface area contributed by atoms with Crippen LogP contribution in [0.1, 0.15) is 22.8 Å². The molecule has 6 heteroatoms. The van der Waals surface area contributed by atoms with Crippen LogP contribution < -0.4 is 4.80 Å².